The van der Waals surface area contributed by atoms with Gasteiger partial charge in [-0.3, -0.25) is 40.5 Å². The highest BCUT2D eigenvalue weighted by molar-refractivity contribution is 14.1. The molecule has 0 saturated carbocycles. The van der Waals surface area contributed by atoms with Gasteiger partial charge in [-0.25, -0.2) is 23.5 Å². The molecule has 0 bridgehead atoms. The van der Waals surface area contributed by atoms with Crippen LogP contribution in [0.1, 0.15) is 47.5 Å². The van der Waals surface area contributed by atoms with Crippen LogP contribution in [0, 0.1) is 26.4 Å². The van der Waals surface area contributed by atoms with Crippen LogP contribution in [0.3, 0.4) is 0 Å². The van der Waals surface area contributed by atoms with Crippen molar-refractivity contribution in [3.05, 3.63) is 209 Å². The van der Waals surface area contributed by atoms with Crippen LogP contribution in [0.5, 0.6) is 0 Å². The molecule has 9 N–H and O–H groups in total. The van der Waals surface area contributed by atoms with Crippen molar-refractivity contribution in [2.75, 3.05) is 23.5 Å². The average Bonchev–Trinajstić information content (AvgIpc) is 1.69. The van der Waals surface area contributed by atoms with Gasteiger partial charge in [0.05, 0.1) is 83.5 Å². The molecule has 0 amide bonds. The molecule has 0 radical (unpaired) electrons. The van der Waals surface area contributed by atoms with Gasteiger partial charge in [0.15, 0.2) is 22.8 Å². The molecule has 0 saturated heterocycles. The summed E-state index contributed by atoms with van der Waals surface area (Å²) in [5.41, 5.74) is 17.9. The monoisotopic (exact) mass is 1600 g/mol. The first-order chi connectivity index (χ1) is 46.3. The van der Waals surface area contributed by atoms with Gasteiger partial charge in [-0.1, -0.05) is 0 Å². The molecule has 45 heteroatoms. The number of rotatable bonds is 8. The van der Waals surface area contributed by atoms with Crippen molar-refractivity contribution in [1.82, 2.24) is 69.0 Å². The predicted molar refractivity (Wildman–Crippen MR) is 334 cm³/mol. The van der Waals surface area contributed by atoms with E-state index in [1.807, 2.05) is 12.1 Å². The number of alkyl halides is 18. The molecule has 0 aliphatic rings. The molecule has 0 atom stereocenters. The average molecular weight is 1600 g/mol. The lowest BCUT2D eigenvalue weighted by Gasteiger charge is -2.04. The summed E-state index contributed by atoms with van der Waals surface area (Å²) in [6.45, 7) is 1.03. The van der Waals surface area contributed by atoms with E-state index in [-0.39, 0.29) is 55.2 Å². The lowest BCUT2D eigenvalue weighted by molar-refractivity contribution is -0.199. The second-order valence-corrected chi connectivity index (χ2v) is 18.8. The van der Waals surface area contributed by atoms with Crippen molar-refractivity contribution in [2.45, 2.75) is 56.9 Å². The van der Waals surface area contributed by atoms with E-state index in [2.05, 4.69) is 60.5 Å². The summed E-state index contributed by atoms with van der Waals surface area (Å²) in [5, 5.41) is 30.1. The third kappa shape index (κ3) is 30.5. The Kier molecular flexibility index (Phi) is 35.8. The van der Waals surface area contributed by atoms with Crippen molar-refractivity contribution >= 4 is 76.4 Å². The van der Waals surface area contributed by atoms with Crippen molar-refractivity contribution in [2.24, 2.45) is 11.6 Å². The van der Waals surface area contributed by atoms with E-state index in [0.29, 0.717) is 38.2 Å². The van der Waals surface area contributed by atoms with Crippen LogP contribution in [0.2, 0.25) is 0 Å². The number of carbonyl (C=O) groups is 2. The number of nitriles is 2. The van der Waals surface area contributed by atoms with E-state index in [1.165, 1.54) is 61.0 Å². The van der Waals surface area contributed by atoms with Crippen LogP contribution in [0.25, 0.3) is 22.7 Å². The minimum Gasteiger partial charge on any atom is -0.459 e. The normalized spacial score (nSPS) is 10.8. The summed E-state index contributed by atoms with van der Waals surface area (Å²) in [7, 11) is 0. The number of hydrogen-bond acceptors (Lipinski definition) is 20. The van der Waals surface area contributed by atoms with Crippen LogP contribution in [0.15, 0.2) is 171 Å². The van der Waals surface area contributed by atoms with Gasteiger partial charge in [-0.05, 0) is 108 Å². The smallest absolute Gasteiger partial charge is 0.459 e. The summed E-state index contributed by atoms with van der Waals surface area (Å²) in [6, 6.07) is 26.2. The van der Waals surface area contributed by atoms with Crippen molar-refractivity contribution < 1.29 is 93.4 Å². The standard InChI is InChI=1S/C10H9F3N4.C10H5F3N4.C9H5F3IN3.C9H7F3N4.C5H7N3.C5H6N2.C4H2F3NO.C4H5F3O2.2ClH/c2*11-10(12,13)9-4-8(5-14)17(16-9)7-2-1-3-15-6-7;2*10-9(11,12)7-4-8(13)16(15-7)6-2-1-3-14-5-6;6-8-5-2-1-3-7-4-5;6-5-2-1-3-7-4-5;5-4(6,7)3(9)1-2-8;1-2-9-3(8)4(5,6)7;;/h1-4,6H,5,14H2;1-4,6H;1-5H;1-5H,13H2;1-4,8H,6H2;1-4H,6H2;1H2;2H2,1H3;2*1H. The Bertz CT molecular complexity index is 4050. The number of pyridine rings is 6. The number of anilines is 3. The Morgan fingerprint density at radius 1 is 0.515 bits per heavy atom. The molecule has 10 aromatic heterocycles. The Labute approximate surface area is 582 Å². The summed E-state index contributed by atoms with van der Waals surface area (Å²) in [6.07, 6.45) is -10.5. The summed E-state index contributed by atoms with van der Waals surface area (Å²) < 4.78 is 224. The molecule has 0 fully saturated rings. The Morgan fingerprint density at radius 3 is 1.19 bits per heavy atom. The first-order valence-corrected chi connectivity index (χ1v) is 27.4. The van der Waals surface area contributed by atoms with Crippen molar-refractivity contribution in [1.29, 1.82) is 10.5 Å². The zero-order valence-corrected chi connectivity index (χ0v) is 54.3. The van der Waals surface area contributed by atoms with Gasteiger partial charge in [-0.15, -0.1) is 24.8 Å². The third-order valence-electron chi connectivity index (χ3n) is 10.5. The number of aromatic nitrogens is 14. The van der Waals surface area contributed by atoms with Crippen LogP contribution in [-0.2, 0) is 45.6 Å². The van der Waals surface area contributed by atoms with E-state index in [1.54, 1.807) is 114 Å². The predicted octanol–water partition coefficient (Wildman–Crippen LogP) is 12.7. The number of hydrazine groups is 1. The topological polar surface area (TPSA) is 356 Å². The Balaban J connectivity index is 0.000000587. The first-order valence-electron chi connectivity index (χ1n) is 26.3. The molecule has 542 valence electrons. The fourth-order valence-electron chi connectivity index (χ4n) is 6.27. The molecule has 0 aliphatic heterocycles. The van der Waals surface area contributed by atoms with Crippen LogP contribution >= 0.6 is 47.4 Å². The molecular weight excluding hydrogens is 1550 g/mol. The molecule has 24 nitrogen and oxygen atoms in total. The number of nitrogens with zero attached hydrogens (tertiary/aromatic N) is 16. The lowest BCUT2D eigenvalue weighted by Crippen LogP contribution is -2.25. The number of carbonyl (C=O) groups excluding carboxylic acids is 2. The second-order valence-electron chi connectivity index (χ2n) is 17.7. The van der Waals surface area contributed by atoms with E-state index in [0.717, 1.165) is 44.0 Å². The largest absolute Gasteiger partial charge is 0.490 e. The molecule has 10 heterocycles. The van der Waals surface area contributed by atoms with E-state index in [4.69, 9.17) is 33.6 Å². The number of ether oxygens (including phenoxy) is 1. The molecule has 101 heavy (non-hydrogen) atoms. The van der Waals surface area contributed by atoms with Gasteiger partial charge in [0, 0.05) is 68.1 Å². The summed E-state index contributed by atoms with van der Waals surface area (Å²) in [4.78, 5) is 42.2. The maximum Gasteiger partial charge on any atom is 0.490 e. The Hall–Kier alpha value is -10.8. The molecule has 0 spiro atoms. The molecular formula is C56H48Cl2F18IN21O3. The zero-order chi connectivity index (χ0) is 74.4. The van der Waals surface area contributed by atoms with Gasteiger partial charge in [0.1, 0.15) is 27.7 Å². The van der Waals surface area contributed by atoms with Gasteiger partial charge in [-0.2, -0.15) is 110 Å². The SMILES string of the molecule is CCOC(=O)C(F)(F)F.Cl.Cl.FC(F)(F)c1cc(I)n(-c2cccnc2)n1.N#CCC(=O)C(F)(F)F.N#Cc1cc(C(F)(F)F)nn1-c1cccnc1.NCc1cc(C(F)(F)F)nn1-c1cccnc1.NNc1cccnc1.Nc1cc(C(F)(F)F)nn1-c1cccnc1.Nc1cccnc1. The number of hydrogen-bond donors (Lipinski definition) is 5. The van der Waals surface area contributed by atoms with E-state index in [9.17, 15) is 88.6 Å². The number of ketones is 1. The molecule has 0 aromatic carbocycles. The molecule has 10 rings (SSSR count). The molecule has 0 aliphatic carbocycles. The Morgan fingerprint density at radius 2 is 0.891 bits per heavy atom. The quantitative estimate of drug-likeness (QED) is 0.0310. The summed E-state index contributed by atoms with van der Waals surface area (Å²) in [5.74, 6) is 0.847. The minimum absolute atomic E-state index is 0. The van der Waals surface area contributed by atoms with Crippen molar-refractivity contribution in [3.63, 3.8) is 0 Å². The highest BCUT2D eigenvalue weighted by Crippen LogP contribution is 2.33. The lowest BCUT2D eigenvalue weighted by atomic mass is 10.3. The number of nitrogen functional groups attached to an aromatic ring is 3. The second kappa shape index (κ2) is 41.0. The fraction of sp³-hybridized carbons (Fsp3) is 0.179. The minimum atomic E-state index is -4.85. The maximum atomic E-state index is 12.5. The third-order valence-corrected chi connectivity index (χ3v) is 11.3. The number of esters is 1. The molecule has 0 unspecified atom stereocenters. The highest BCUT2D eigenvalue weighted by Gasteiger charge is 2.41. The fourth-order valence-corrected chi connectivity index (χ4v) is 6.95. The summed E-state index contributed by atoms with van der Waals surface area (Å²) >= 11 is 1.80. The van der Waals surface area contributed by atoms with Crippen LogP contribution < -0.4 is 28.5 Å². The zero-order valence-electron chi connectivity index (χ0n) is 50.5. The number of nitrogens with one attached hydrogen (secondary N) is 1. The maximum absolute atomic E-state index is 12.5. The molecule has 10 aromatic rings. The van der Waals surface area contributed by atoms with Crippen LogP contribution in [-0.4, -0.2) is 99.7 Å². The van der Waals surface area contributed by atoms with Crippen molar-refractivity contribution in [3.8, 4) is 34.9 Å². The van der Waals surface area contributed by atoms with Gasteiger partial charge in [0.2, 0.25) is 5.78 Å². The first kappa shape index (κ1) is 88.2. The van der Waals surface area contributed by atoms with Gasteiger partial charge in [0.25, 0.3) is 0 Å². The van der Waals surface area contributed by atoms with E-state index >= 15 is 0 Å². The number of halogens is 21. The number of nitrogens with two attached hydrogens (primary N) is 4. The van der Waals surface area contributed by atoms with Gasteiger partial charge < -0.3 is 27.4 Å². The van der Waals surface area contributed by atoms with E-state index < -0.39 is 78.0 Å². The number of Topliss-reactive ketones (excluding diaryl/α,β-unsaturated/α-hetero) is 1. The van der Waals surface area contributed by atoms with Crippen LogP contribution in [0.4, 0.5) is 96.2 Å². The highest BCUT2D eigenvalue weighted by atomic mass is 127. The van der Waals surface area contributed by atoms with Gasteiger partial charge >= 0.3 is 43.0 Å².